The van der Waals surface area contributed by atoms with Gasteiger partial charge in [-0.15, -0.1) is 0 Å². The molecule has 19 heavy (non-hydrogen) atoms. The van der Waals surface area contributed by atoms with Gasteiger partial charge in [-0.25, -0.2) is 0 Å². The van der Waals surface area contributed by atoms with Crippen molar-refractivity contribution in [2.24, 2.45) is 5.92 Å². The summed E-state index contributed by atoms with van der Waals surface area (Å²) < 4.78 is 0. The van der Waals surface area contributed by atoms with Crippen molar-refractivity contribution in [2.75, 3.05) is 7.05 Å². The molecule has 1 nitrogen and oxygen atoms in total. The van der Waals surface area contributed by atoms with E-state index in [9.17, 15) is 0 Å². The van der Waals surface area contributed by atoms with Gasteiger partial charge in [0.2, 0.25) is 0 Å². The van der Waals surface area contributed by atoms with Crippen molar-refractivity contribution in [3.63, 3.8) is 0 Å². The predicted molar refractivity (Wildman–Crippen MR) is 83.4 cm³/mol. The Bertz CT molecular complexity index is 346. The molecule has 1 saturated carbocycles. The molecule has 2 rings (SSSR count). The van der Waals surface area contributed by atoms with Gasteiger partial charge in [-0.2, -0.15) is 0 Å². The molecule has 1 fully saturated rings. The first kappa shape index (κ1) is 14.6. The molecule has 0 saturated heterocycles. The van der Waals surface area contributed by atoms with Crippen LogP contribution < -0.4 is 5.32 Å². The van der Waals surface area contributed by atoms with Crippen molar-refractivity contribution < 1.29 is 0 Å². The highest BCUT2D eigenvalue weighted by Gasteiger charge is 2.22. The minimum absolute atomic E-state index is 0.550. The van der Waals surface area contributed by atoms with E-state index in [1.807, 2.05) is 0 Å². The van der Waals surface area contributed by atoms with E-state index >= 15 is 0 Å². The van der Waals surface area contributed by atoms with Gasteiger partial charge in [0.15, 0.2) is 0 Å². The Hall–Kier alpha value is -0.820. The third kappa shape index (κ3) is 4.07. The topological polar surface area (TPSA) is 12.0 Å². The Balaban J connectivity index is 2.06. The van der Waals surface area contributed by atoms with Crippen LogP contribution in [-0.4, -0.2) is 7.05 Å². The number of rotatable bonds is 5. The van der Waals surface area contributed by atoms with Crippen molar-refractivity contribution >= 4 is 0 Å². The van der Waals surface area contributed by atoms with Crippen molar-refractivity contribution in [3.05, 3.63) is 35.4 Å². The summed E-state index contributed by atoms with van der Waals surface area (Å²) in [6.45, 7) is 2.25. The molecule has 1 aromatic rings. The SMILES string of the molecule is CCCc1ccc(C(NC)C2CCCCCC2)cc1. The highest BCUT2D eigenvalue weighted by molar-refractivity contribution is 5.25. The second-order valence-corrected chi connectivity index (χ2v) is 6.01. The Morgan fingerprint density at radius 1 is 1.05 bits per heavy atom. The molecule has 1 aliphatic carbocycles. The van der Waals surface area contributed by atoms with E-state index in [-0.39, 0.29) is 0 Å². The van der Waals surface area contributed by atoms with Crippen LogP contribution in [0.4, 0.5) is 0 Å². The number of nitrogens with one attached hydrogen (secondary N) is 1. The van der Waals surface area contributed by atoms with Gasteiger partial charge < -0.3 is 5.32 Å². The molecule has 1 unspecified atom stereocenters. The third-order valence-electron chi connectivity index (χ3n) is 4.56. The van der Waals surface area contributed by atoms with Crippen LogP contribution in [0.1, 0.15) is 69.0 Å². The van der Waals surface area contributed by atoms with Crippen molar-refractivity contribution in [2.45, 2.75) is 64.3 Å². The first-order valence-corrected chi connectivity index (χ1v) is 8.11. The number of aryl methyl sites for hydroxylation is 1. The van der Waals surface area contributed by atoms with Gasteiger partial charge >= 0.3 is 0 Å². The van der Waals surface area contributed by atoms with Gasteiger partial charge in [0.25, 0.3) is 0 Å². The van der Waals surface area contributed by atoms with E-state index in [0.717, 1.165) is 5.92 Å². The maximum absolute atomic E-state index is 3.57. The molecule has 1 N–H and O–H groups in total. The minimum Gasteiger partial charge on any atom is -0.313 e. The van der Waals surface area contributed by atoms with Crippen LogP contribution in [0.3, 0.4) is 0 Å². The summed E-state index contributed by atoms with van der Waals surface area (Å²) in [4.78, 5) is 0. The summed E-state index contributed by atoms with van der Waals surface area (Å²) in [6.07, 6.45) is 10.9. The molecule has 1 aliphatic rings. The van der Waals surface area contributed by atoms with E-state index < -0.39 is 0 Å². The first-order chi connectivity index (χ1) is 9.35. The number of hydrogen-bond donors (Lipinski definition) is 1. The van der Waals surface area contributed by atoms with Crippen LogP contribution >= 0.6 is 0 Å². The largest absolute Gasteiger partial charge is 0.313 e. The summed E-state index contributed by atoms with van der Waals surface area (Å²) in [5, 5.41) is 3.57. The summed E-state index contributed by atoms with van der Waals surface area (Å²) in [5.74, 6) is 0.824. The quantitative estimate of drug-likeness (QED) is 0.744. The molecule has 0 amide bonds. The molecule has 1 atom stereocenters. The maximum atomic E-state index is 3.57. The lowest BCUT2D eigenvalue weighted by Gasteiger charge is -2.26. The van der Waals surface area contributed by atoms with Crippen LogP contribution in [0, 0.1) is 5.92 Å². The van der Waals surface area contributed by atoms with Gasteiger partial charge in [-0.05, 0) is 43.4 Å². The highest BCUT2D eigenvalue weighted by atomic mass is 14.9. The minimum atomic E-state index is 0.550. The van der Waals surface area contributed by atoms with Crippen LogP contribution in [0.25, 0.3) is 0 Å². The predicted octanol–water partition coefficient (Wildman–Crippen LogP) is 4.87. The fraction of sp³-hybridized carbons (Fsp3) is 0.667. The zero-order chi connectivity index (χ0) is 13.5. The van der Waals surface area contributed by atoms with Gasteiger partial charge in [-0.3, -0.25) is 0 Å². The third-order valence-corrected chi connectivity index (χ3v) is 4.56. The number of benzene rings is 1. The average molecular weight is 259 g/mol. The second kappa shape index (κ2) is 7.69. The lowest BCUT2D eigenvalue weighted by molar-refractivity contribution is 0.341. The van der Waals surface area contributed by atoms with Gasteiger partial charge in [0, 0.05) is 6.04 Å². The lowest BCUT2D eigenvalue weighted by Crippen LogP contribution is -2.25. The summed E-state index contributed by atoms with van der Waals surface area (Å²) in [5.41, 5.74) is 2.95. The fourth-order valence-electron chi connectivity index (χ4n) is 3.50. The molecule has 0 bridgehead atoms. The summed E-state index contributed by atoms with van der Waals surface area (Å²) >= 11 is 0. The second-order valence-electron chi connectivity index (χ2n) is 6.01. The van der Waals surface area contributed by atoms with E-state index in [2.05, 4.69) is 43.6 Å². The zero-order valence-electron chi connectivity index (χ0n) is 12.6. The van der Waals surface area contributed by atoms with Gasteiger partial charge in [0.05, 0.1) is 0 Å². The molecule has 0 aromatic heterocycles. The van der Waals surface area contributed by atoms with Crippen molar-refractivity contribution in [3.8, 4) is 0 Å². The Kier molecular flexibility index (Phi) is 5.91. The lowest BCUT2D eigenvalue weighted by atomic mass is 9.87. The zero-order valence-corrected chi connectivity index (χ0v) is 12.6. The fourth-order valence-corrected chi connectivity index (χ4v) is 3.50. The van der Waals surface area contributed by atoms with E-state index in [4.69, 9.17) is 0 Å². The molecule has 0 heterocycles. The van der Waals surface area contributed by atoms with Gasteiger partial charge in [-0.1, -0.05) is 63.3 Å². The van der Waals surface area contributed by atoms with E-state index in [1.54, 1.807) is 0 Å². The Morgan fingerprint density at radius 3 is 2.21 bits per heavy atom. The molecule has 106 valence electrons. The smallest absolute Gasteiger partial charge is 0.0346 e. The molecular weight excluding hydrogens is 230 g/mol. The monoisotopic (exact) mass is 259 g/mol. The Morgan fingerprint density at radius 2 is 1.68 bits per heavy atom. The molecule has 0 spiro atoms. The summed E-state index contributed by atoms with van der Waals surface area (Å²) in [7, 11) is 2.12. The maximum Gasteiger partial charge on any atom is 0.0346 e. The molecular formula is C18H29N. The first-order valence-electron chi connectivity index (χ1n) is 8.11. The number of hydrogen-bond acceptors (Lipinski definition) is 1. The van der Waals surface area contributed by atoms with E-state index in [1.165, 1.54) is 62.5 Å². The van der Waals surface area contributed by atoms with Crippen LogP contribution in [0.15, 0.2) is 24.3 Å². The summed E-state index contributed by atoms with van der Waals surface area (Å²) in [6, 6.07) is 9.88. The average Bonchev–Trinajstić information content (AvgIpc) is 2.71. The molecule has 1 heteroatoms. The van der Waals surface area contributed by atoms with Gasteiger partial charge in [0.1, 0.15) is 0 Å². The Labute approximate surface area is 118 Å². The normalized spacial score (nSPS) is 19.1. The van der Waals surface area contributed by atoms with Crippen molar-refractivity contribution in [1.82, 2.24) is 5.32 Å². The molecule has 0 aliphatic heterocycles. The van der Waals surface area contributed by atoms with Crippen molar-refractivity contribution in [1.29, 1.82) is 0 Å². The molecule has 1 aromatic carbocycles. The van der Waals surface area contributed by atoms with Crippen LogP contribution in [0.5, 0.6) is 0 Å². The van der Waals surface area contributed by atoms with Crippen LogP contribution in [0.2, 0.25) is 0 Å². The highest BCUT2D eigenvalue weighted by Crippen LogP contribution is 2.33. The van der Waals surface area contributed by atoms with E-state index in [0.29, 0.717) is 6.04 Å². The van der Waals surface area contributed by atoms with Crippen LogP contribution in [-0.2, 0) is 6.42 Å². The molecule has 0 radical (unpaired) electrons. The standard InChI is InChI=1S/C18H29N/c1-3-8-15-11-13-17(14-12-15)18(19-2)16-9-6-4-5-7-10-16/h11-14,16,18-19H,3-10H2,1-2H3.